The van der Waals surface area contributed by atoms with Gasteiger partial charge in [0.2, 0.25) is 0 Å². The van der Waals surface area contributed by atoms with Crippen LogP contribution in [0, 0.1) is 0 Å². The summed E-state index contributed by atoms with van der Waals surface area (Å²) in [5, 5.41) is 10.6. The van der Waals surface area contributed by atoms with E-state index < -0.39 is 0 Å². The molecule has 0 aliphatic rings. The minimum Gasteiger partial charge on any atom is -0.300 e. The van der Waals surface area contributed by atoms with E-state index in [1.165, 1.54) is 0 Å². The largest absolute Gasteiger partial charge is 0.300 e. The summed E-state index contributed by atoms with van der Waals surface area (Å²) >= 11 is 5.94. The number of ketones is 1. The lowest BCUT2D eigenvalue weighted by atomic mass is 10.3. The average Bonchev–Trinajstić information content (AvgIpc) is 1.87. The van der Waals surface area contributed by atoms with Crippen LogP contribution in [0.2, 0.25) is 0 Å². The van der Waals surface area contributed by atoms with Gasteiger partial charge < -0.3 is 4.79 Å². The van der Waals surface area contributed by atoms with Crippen molar-refractivity contribution in [2.24, 2.45) is 0 Å². The van der Waals surface area contributed by atoms with E-state index in [9.17, 15) is 4.79 Å². The second-order valence-corrected chi connectivity index (χ2v) is 3.93. The Labute approximate surface area is 90.2 Å². The number of halogens is 1. The third-order valence-electron chi connectivity index (χ3n) is 0.705. The molecule has 0 aromatic heterocycles. The SMILES string of the molecule is CCCC(C)=O.OOOC(=S)I. The molecule has 4 nitrogen and oxygen atoms in total. The molecule has 0 rings (SSSR count). The van der Waals surface area contributed by atoms with E-state index in [1.54, 1.807) is 29.5 Å². The molecule has 0 aliphatic carbocycles. The molecule has 0 atom stereocenters. The first-order valence-corrected chi connectivity index (χ1v) is 4.70. The molecule has 0 aromatic carbocycles. The maximum atomic E-state index is 10.0. The number of hydrogen-bond donors (Lipinski definition) is 1. The lowest BCUT2D eigenvalue weighted by Gasteiger charge is -1.86. The molecular weight excluding hydrogens is 295 g/mol. The third-order valence-corrected chi connectivity index (χ3v) is 0.953. The van der Waals surface area contributed by atoms with Crippen LogP contribution in [0.1, 0.15) is 26.7 Å². The number of carbonyl (C=O) groups is 1. The maximum Gasteiger partial charge on any atom is 0.268 e. The Morgan fingerprint density at radius 1 is 1.67 bits per heavy atom. The maximum absolute atomic E-state index is 10.0. The summed E-state index contributed by atoms with van der Waals surface area (Å²) in [5.74, 6) is 0.289. The normalized spacial score (nSPS) is 8.00. The molecule has 0 heterocycles. The molecular formula is C6H11IO4S. The summed E-state index contributed by atoms with van der Waals surface area (Å²) in [4.78, 5) is 13.9. The van der Waals surface area contributed by atoms with Crippen LogP contribution in [0.5, 0.6) is 0 Å². The van der Waals surface area contributed by atoms with Crippen LogP contribution < -0.4 is 0 Å². The Morgan fingerprint density at radius 2 is 2.17 bits per heavy atom. The zero-order chi connectivity index (χ0) is 9.98. The highest BCUT2D eigenvalue weighted by Gasteiger charge is 1.84. The molecule has 0 fully saturated rings. The van der Waals surface area contributed by atoms with Gasteiger partial charge in [0.1, 0.15) is 5.78 Å². The summed E-state index contributed by atoms with van der Waals surface area (Å²) in [6.07, 6.45) is 1.72. The highest BCUT2D eigenvalue weighted by Crippen LogP contribution is 1.89. The molecule has 0 amide bonds. The van der Waals surface area contributed by atoms with Crippen LogP contribution in [0.3, 0.4) is 0 Å². The highest BCUT2D eigenvalue weighted by atomic mass is 127. The van der Waals surface area contributed by atoms with Crippen LogP contribution in [-0.2, 0) is 14.7 Å². The standard InChI is InChI=1S/C5H10O.CHIO3S/c1-3-4-5(2)6;2-1(6)4-5-3/h3-4H2,1-2H3;3H. The van der Waals surface area contributed by atoms with Gasteiger partial charge in [0, 0.05) is 29.0 Å². The van der Waals surface area contributed by atoms with E-state index >= 15 is 0 Å². The third kappa shape index (κ3) is 22.5. The van der Waals surface area contributed by atoms with Gasteiger partial charge in [0.05, 0.1) is 0 Å². The van der Waals surface area contributed by atoms with E-state index in [1.807, 2.05) is 6.92 Å². The molecule has 0 aromatic rings. The second kappa shape index (κ2) is 11.2. The van der Waals surface area contributed by atoms with Gasteiger partial charge in [-0.2, -0.15) is 0 Å². The van der Waals surface area contributed by atoms with E-state index in [4.69, 9.17) is 5.26 Å². The van der Waals surface area contributed by atoms with Gasteiger partial charge in [-0.25, -0.2) is 5.26 Å². The molecule has 0 unspecified atom stereocenters. The topological polar surface area (TPSA) is 55.8 Å². The molecule has 1 N–H and O–H groups in total. The van der Waals surface area contributed by atoms with Gasteiger partial charge in [-0.15, -0.1) is 0 Å². The fourth-order valence-electron chi connectivity index (χ4n) is 0.381. The second-order valence-electron chi connectivity index (χ2n) is 1.85. The number of hydrogen-bond acceptors (Lipinski definition) is 5. The molecule has 0 saturated carbocycles. The van der Waals surface area contributed by atoms with Crippen molar-refractivity contribution in [1.82, 2.24) is 0 Å². The van der Waals surface area contributed by atoms with Crippen molar-refractivity contribution in [1.29, 1.82) is 0 Å². The van der Waals surface area contributed by atoms with E-state index in [-0.39, 0.29) is 8.84 Å². The fraction of sp³-hybridized carbons (Fsp3) is 0.667. The van der Waals surface area contributed by atoms with Gasteiger partial charge in [-0.3, -0.25) is 4.89 Å². The Bertz CT molecular complexity index is 124. The van der Waals surface area contributed by atoms with Gasteiger partial charge in [0.15, 0.2) is 0 Å². The Balaban J connectivity index is 0. The molecule has 72 valence electrons. The fourth-order valence-corrected chi connectivity index (χ4v) is 0.492. The first kappa shape index (κ1) is 14.7. The molecule has 12 heavy (non-hydrogen) atoms. The monoisotopic (exact) mass is 306 g/mol. The van der Waals surface area contributed by atoms with Gasteiger partial charge >= 0.3 is 0 Å². The lowest BCUT2D eigenvalue weighted by Crippen LogP contribution is -1.88. The van der Waals surface area contributed by atoms with Gasteiger partial charge in [0.25, 0.3) is 3.06 Å². The molecule has 0 radical (unpaired) electrons. The predicted molar refractivity (Wildman–Crippen MR) is 57.0 cm³/mol. The average molecular weight is 306 g/mol. The minimum absolute atomic E-state index is 0.120. The van der Waals surface area contributed by atoms with Crippen molar-refractivity contribution in [2.45, 2.75) is 26.7 Å². The molecule has 0 aliphatic heterocycles. The zero-order valence-electron chi connectivity index (χ0n) is 6.87. The van der Waals surface area contributed by atoms with E-state index in [0.29, 0.717) is 0 Å². The first-order valence-electron chi connectivity index (χ1n) is 3.21. The summed E-state index contributed by atoms with van der Waals surface area (Å²) in [7, 11) is 0. The van der Waals surface area contributed by atoms with Gasteiger partial charge in [-0.1, -0.05) is 6.92 Å². The van der Waals surface area contributed by atoms with Crippen molar-refractivity contribution >= 4 is 43.6 Å². The molecule has 6 heteroatoms. The zero-order valence-corrected chi connectivity index (χ0v) is 9.85. The molecule has 0 saturated heterocycles. The number of carbonyl (C=O) groups excluding carboxylic acids is 1. The summed E-state index contributed by atoms with van der Waals surface area (Å²) < 4.78 is 0.120. The Hall–Kier alpha value is 0.210. The number of thiocarbonyl (C=S) groups is 1. The van der Waals surface area contributed by atoms with Crippen molar-refractivity contribution in [2.75, 3.05) is 0 Å². The summed E-state index contributed by atoms with van der Waals surface area (Å²) in [6, 6.07) is 0. The molecule has 0 spiro atoms. The summed E-state index contributed by atoms with van der Waals surface area (Å²) in [5.41, 5.74) is 0. The van der Waals surface area contributed by atoms with Crippen LogP contribution >= 0.6 is 34.8 Å². The van der Waals surface area contributed by atoms with Crippen LogP contribution in [0.4, 0.5) is 0 Å². The Morgan fingerprint density at radius 3 is 2.17 bits per heavy atom. The van der Waals surface area contributed by atoms with Crippen molar-refractivity contribution in [3.8, 4) is 0 Å². The first-order chi connectivity index (χ1) is 5.54. The van der Waals surface area contributed by atoms with Crippen molar-refractivity contribution in [3.63, 3.8) is 0 Å². The predicted octanol–water partition coefficient (Wildman–Crippen LogP) is 2.50. The lowest BCUT2D eigenvalue weighted by molar-refractivity contribution is -0.446. The van der Waals surface area contributed by atoms with Crippen LogP contribution in [0.15, 0.2) is 0 Å². The van der Waals surface area contributed by atoms with Gasteiger partial charge in [-0.05, 0) is 30.6 Å². The number of Topliss-reactive ketones (excluding diaryl/α,β-unsaturated/α-hetero) is 1. The highest BCUT2D eigenvalue weighted by molar-refractivity contribution is 14.1. The van der Waals surface area contributed by atoms with Crippen LogP contribution in [-0.4, -0.2) is 14.1 Å². The Kier molecular flexibility index (Phi) is 13.7. The minimum atomic E-state index is 0.120. The van der Waals surface area contributed by atoms with Crippen LogP contribution in [0.25, 0.3) is 0 Å². The number of rotatable bonds is 3. The van der Waals surface area contributed by atoms with E-state index in [2.05, 4.69) is 22.1 Å². The quantitative estimate of drug-likeness (QED) is 0.285. The molecule has 0 bridgehead atoms. The smallest absolute Gasteiger partial charge is 0.268 e. The van der Waals surface area contributed by atoms with Crippen molar-refractivity contribution < 1.29 is 20.0 Å². The summed E-state index contributed by atoms with van der Waals surface area (Å²) in [6.45, 7) is 3.62. The van der Waals surface area contributed by atoms with Crippen molar-refractivity contribution in [3.05, 3.63) is 0 Å². The van der Waals surface area contributed by atoms with E-state index in [0.717, 1.165) is 12.8 Å².